The van der Waals surface area contributed by atoms with E-state index in [9.17, 15) is 28.6 Å². The Kier molecular flexibility index (Phi) is 3.78. The fourth-order valence-electron chi connectivity index (χ4n) is 1.14. The van der Waals surface area contributed by atoms with Crippen LogP contribution in [0, 0.1) is 27.2 Å². The first-order valence-electron chi connectivity index (χ1n) is 4.41. The molecule has 11 heteroatoms. The van der Waals surface area contributed by atoms with Gasteiger partial charge in [0, 0.05) is 12.1 Å². The Hall–Kier alpha value is -2.27. The van der Waals surface area contributed by atoms with Crippen molar-refractivity contribution >= 4 is 15.7 Å². The SMILES string of the molecule is Cc1ccc([N+](=O)[O-])cc1S(=O)(=O)NN[N+](=O)[O-]. The molecule has 0 bridgehead atoms. The molecule has 1 aromatic rings. The number of nitrogens with zero attached hydrogens (tertiary/aromatic N) is 2. The predicted octanol–water partition coefficient (Wildman–Crippen LogP) is -0.122. The molecule has 0 aliphatic rings. The molecular weight excluding hydrogens is 268 g/mol. The van der Waals surface area contributed by atoms with Crippen LogP contribution in [0.1, 0.15) is 5.56 Å². The van der Waals surface area contributed by atoms with E-state index in [1.807, 2.05) is 0 Å². The maximum absolute atomic E-state index is 11.6. The van der Waals surface area contributed by atoms with Crippen molar-refractivity contribution in [2.24, 2.45) is 0 Å². The van der Waals surface area contributed by atoms with E-state index in [1.165, 1.54) is 23.4 Å². The van der Waals surface area contributed by atoms with Crippen molar-refractivity contribution in [2.75, 3.05) is 0 Å². The monoisotopic (exact) mass is 276 g/mol. The molecule has 0 aromatic heterocycles. The van der Waals surface area contributed by atoms with Crippen molar-refractivity contribution in [3.63, 3.8) is 0 Å². The summed E-state index contributed by atoms with van der Waals surface area (Å²) in [7, 11) is -4.25. The molecule has 0 saturated heterocycles. The normalized spacial score (nSPS) is 10.9. The zero-order valence-corrected chi connectivity index (χ0v) is 9.80. The number of nitrogens with one attached hydrogen (secondary N) is 2. The standard InChI is InChI=1S/C7H8N4O6S/c1-5-2-3-6(10(12)13)4-7(5)18(16,17)9-8-11(14)15/h2-4,8-9H,1H3. The zero-order valence-electron chi connectivity index (χ0n) is 8.98. The maximum Gasteiger partial charge on any atom is 0.270 e. The first-order chi connectivity index (χ1) is 8.24. The first kappa shape index (κ1) is 13.8. The van der Waals surface area contributed by atoms with Crippen LogP contribution >= 0.6 is 0 Å². The Labute approximate surface area is 101 Å². The number of nitro groups is 2. The van der Waals surface area contributed by atoms with E-state index in [0.717, 1.165) is 12.1 Å². The molecule has 0 unspecified atom stereocenters. The second kappa shape index (κ2) is 4.93. The van der Waals surface area contributed by atoms with Crippen molar-refractivity contribution in [3.8, 4) is 0 Å². The van der Waals surface area contributed by atoms with Gasteiger partial charge in [0.25, 0.3) is 15.7 Å². The number of non-ortho nitro benzene ring substituents is 1. The van der Waals surface area contributed by atoms with E-state index in [2.05, 4.69) is 0 Å². The van der Waals surface area contributed by atoms with Crippen LogP contribution in [0.3, 0.4) is 0 Å². The second-order valence-corrected chi connectivity index (χ2v) is 4.83. The number of sulfonamides is 1. The summed E-state index contributed by atoms with van der Waals surface area (Å²) < 4.78 is 23.3. The Balaban J connectivity index is 3.18. The lowest BCUT2D eigenvalue weighted by atomic mass is 10.2. The molecule has 0 radical (unpaired) electrons. The number of benzene rings is 1. The minimum Gasteiger partial charge on any atom is -0.258 e. The second-order valence-electron chi connectivity index (χ2n) is 3.18. The molecule has 10 nitrogen and oxygen atoms in total. The van der Waals surface area contributed by atoms with Gasteiger partial charge in [-0.05, 0) is 12.5 Å². The molecule has 0 saturated carbocycles. The summed E-state index contributed by atoms with van der Waals surface area (Å²) in [4.78, 5) is 20.8. The highest BCUT2D eigenvalue weighted by Crippen LogP contribution is 2.21. The Morgan fingerprint density at radius 2 is 1.83 bits per heavy atom. The average Bonchev–Trinajstić information content (AvgIpc) is 2.26. The number of hydrogen-bond acceptors (Lipinski definition) is 6. The van der Waals surface area contributed by atoms with Gasteiger partial charge in [-0.3, -0.25) is 10.1 Å². The predicted molar refractivity (Wildman–Crippen MR) is 58.3 cm³/mol. The largest absolute Gasteiger partial charge is 0.270 e. The summed E-state index contributed by atoms with van der Waals surface area (Å²) in [5.74, 6) is 0. The van der Waals surface area contributed by atoms with Gasteiger partial charge in [0.2, 0.25) is 0 Å². The molecule has 18 heavy (non-hydrogen) atoms. The summed E-state index contributed by atoms with van der Waals surface area (Å²) in [6.45, 7) is 1.41. The molecule has 1 aromatic carbocycles. The van der Waals surface area contributed by atoms with Gasteiger partial charge in [-0.25, -0.2) is 18.5 Å². The minimum absolute atomic E-state index is 0.221. The molecule has 98 valence electrons. The van der Waals surface area contributed by atoms with E-state index in [1.54, 1.807) is 0 Å². The van der Waals surface area contributed by atoms with Crippen LogP contribution in [0.5, 0.6) is 0 Å². The number of hydrogen-bond donors (Lipinski definition) is 2. The molecule has 2 N–H and O–H groups in total. The molecule has 0 spiro atoms. The third-order valence-electron chi connectivity index (χ3n) is 1.94. The fraction of sp³-hybridized carbons (Fsp3) is 0.143. The molecule has 1 rings (SSSR count). The van der Waals surface area contributed by atoms with Gasteiger partial charge in [-0.1, -0.05) is 16.4 Å². The van der Waals surface area contributed by atoms with E-state index >= 15 is 0 Å². The van der Waals surface area contributed by atoms with Crippen molar-refractivity contribution < 1.29 is 18.4 Å². The number of rotatable bonds is 5. The highest BCUT2D eigenvalue weighted by Gasteiger charge is 2.21. The lowest BCUT2D eigenvalue weighted by molar-refractivity contribution is -0.550. The Morgan fingerprint density at radius 1 is 1.22 bits per heavy atom. The van der Waals surface area contributed by atoms with Gasteiger partial charge < -0.3 is 0 Å². The van der Waals surface area contributed by atoms with Gasteiger partial charge in [0.15, 0.2) is 5.03 Å². The molecule has 0 aliphatic carbocycles. The molecule has 0 fully saturated rings. The van der Waals surface area contributed by atoms with Crippen LogP contribution in [-0.2, 0) is 10.0 Å². The summed E-state index contributed by atoms with van der Waals surface area (Å²) in [6.07, 6.45) is 0. The quantitative estimate of drug-likeness (QED) is 0.563. The van der Waals surface area contributed by atoms with Crippen LogP contribution in [0.15, 0.2) is 23.1 Å². The van der Waals surface area contributed by atoms with Gasteiger partial charge in [0.1, 0.15) is 0 Å². The van der Waals surface area contributed by atoms with Crippen LogP contribution in [0.2, 0.25) is 0 Å². The van der Waals surface area contributed by atoms with Crippen molar-refractivity contribution in [3.05, 3.63) is 44.0 Å². The van der Waals surface area contributed by atoms with Crippen molar-refractivity contribution in [2.45, 2.75) is 11.8 Å². The molecule has 0 amide bonds. The van der Waals surface area contributed by atoms with E-state index in [0.29, 0.717) is 0 Å². The molecular formula is C7H8N4O6S. The van der Waals surface area contributed by atoms with Gasteiger partial charge >= 0.3 is 0 Å². The Morgan fingerprint density at radius 3 is 2.33 bits per heavy atom. The summed E-state index contributed by atoms with van der Waals surface area (Å²) in [5.41, 5.74) is 1.07. The van der Waals surface area contributed by atoms with Crippen molar-refractivity contribution in [1.82, 2.24) is 10.4 Å². The molecule has 0 aliphatic heterocycles. The van der Waals surface area contributed by atoms with Crippen LogP contribution in [-0.4, -0.2) is 18.4 Å². The van der Waals surface area contributed by atoms with Gasteiger partial charge in [0.05, 0.1) is 9.82 Å². The maximum atomic E-state index is 11.6. The topological polar surface area (TPSA) is 144 Å². The highest BCUT2D eigenvalue weighted by molar-refractivity contribution is 7.89. The van der Waals surface area contributed by atoms with Crippen LogP contribution in [0.25, 0.3) is 0 Å². The molecule has 0 atom stereocenters. The zero-order chi connectivity index (χ0) is 13.9. The Bertz CT molecular complexity index is 598. The lowest BCUT2D eigenvalue weighted by Gasteiger charge is -2.06. The smallest absolute Gasteiger partial charge is 0.258 e. The summed E-state index contributed by atoms with van der Waals surface area (Å²) >= 11 is 0. The van der Waals surface area contributed by atoms with Crippen LogP contribution in [0.4, 0.5) is 5.69 Å². The first-order valence-corrected chi connectivity index (χ1v) is 5.89. The average molecular weight is 276 g/mol. The molecule has 0 heterocycles. The van der Waals surface area contributed by atoms with E-state index in [4.69, 9.17) is 0 Å². The van der Waals surface area contributed by atoms with Gasteiger partial charge in [-0.2, -0.15) is 0 Å². The van der Waals surface area contributed by atoms with Crippen molar-refractivity contribution in [1.29, 1.82) is 0 Å². The number of aryl methyl sites for hydroxylation is 1. The van der Waals surface area contributed by atoms with E-state index in [-0.39, 0.29) is 5.56 Å². The fourth-order valence-corrected chi connectivity index (χ4v) is 2.22. The third-order valence-corrected chi connectivity index (χ3v) is 3.32. The van der Waals surface area contributed by atoms with Crippen LogP contribution < -0.4 is 10.4 Å². The highest BCUT2D eigenvalue weighted by atomic mass is 32.2. The third kappa shape index (κ3) is 3.11. The minimum atomic E-state index is -4.25. The summed E-state index contributed by atoms with van der Waals surface area (Å²) in [6, 6.07) is 3.19. The lowest BCUT2D eigenvalue weighted by Crippen LogP contribution is -2.41. The number of hydrazine groups is 2. The van der Waals surface area contributed by atoms with Gasteiger partial charge in [-0.15, -0.1) is 0 Å². The van der Waals surface area contributed by atoms with E-state index < -0.39 is 30.6 Å². The number of nitro benzene ring substituents is 1. The summed E-state index contributed by atoms with van der Waals surface area (Å²) in [5, 5.41) is 19.4.